The number of hydrogen-bond donors (Lipinski definition) is 2. The Labute approximate surface area is 216 Å². The first kappa shape index (κ1) is 24.9. The first-order chi connectivity index (χ1) is 17.8. The van der Waals surface area contributed by atoms with E-state index in [0.29, 0.717) is 17.0 Å². The molecule has 37 heavy (non-hydrogen) atoms. The third-order valence-corrected chi connectivity index (χ3v) is 7.03. The van der Waals surface area contributed by atoms with Crippen LogP contribution < -0.4 is 15.5 Å². The number of amides is 1. The van der Waals surface area contributed by atoms with Crippen molar-refractivity contribution in [2.75, 3.05) is 61.8 Å². The molecule has 10 nitrogen and oxygen atoms in total. The van der Waals surface area contributed by atoms with Crippen LogP contribution in [0.4, 0.5) is 27.5 Å². The second-order valence-electron chi connectivity index (χ2n) is 9.99. The van der Waals surface area contributed by atoms with Crippen LogP contribution >= 0.6 is 0 Å². The van der Waals surface area contributed by atoms with Crippen LogP contribution in [0, 0.1) is 0 Å². The summed E-state index contributed by atoms with van der Waals surface area (Å²) in [4.78, 5) is 32.0. The third-order valence-electron chi connectivity index (χ3n) is 7.03. The van der Waals surface area contributed by atoms with Gasteiger partial charge in [-0.1, -0.05) is 6.58 Å². The number of alkyl halides is 1. The van der Waals surface area contributed by atoms with Gasteiger partial charge in [0.1, 0.15) is 6.17 Å². The molecule has 1 amide bonds. The summed E-state index contributed by atoms with van der Waals surface area (Å²) in [5.41, 5.74) is 3.34. The fourth-order valence-corrected chi connectivity index (χ4v) is 4.78. The van der Waals surface area contributed by atoms with Gasteiger partial charge in [0.05, 0.1) is 18.9 Å². The Balaban J connectivity index is 1.40. The molecule has 2 N–H and O–H groups in total. The van der Waals surface area contributed by atoms with Crippen molar-refractivity contribution in [3.63, 3.8) is 0 Å². The highest BCUT2D eigenvalue weighted by molar-refractivity contribution is 5.88. The van der Waals surface area contributed by atoms with Gasteiger partial charge in [-0.2, -0.15) is 9.97 Å². The molecule has 0 radical (unpaired) electrons. The van der Waals surface area contributed by atoms with Gasteiger partial charge in [-0.15, -0.1) is 0 Å². The molecule has 4 heterocycles. The van der Waals surface area contributed by atoms with Crippen molar-refractivity contribution in [2.24, 2.45) is 0 Å². The highest BCUT2D eigenvalue weighted by Crippen LogP contribution is 2.28. The fraction of sp³-hybridized carbons (Fsp3) is 0.462. The first-order valence-electron chi connectivity index (χ1n) is 12.7. The average Bonchev–Trinajstić information content (AvgIpc) is 3.48. The molecule has 0 unspecified atom stereocenters. The maximum Gasteiger partial charge on any atom is 0.246 e. The number of benzene rings is 1. The molecular formula is C26H34FN9O. The van der Waals surface area contributed by atoms with Crippen LogP contribution in [0.2, 0.25) is 0 Å². The Morgan fingerprint density at radius 3 is 2.54 bits per heavy atom. The lowest BCUT2D eigenvalue weighted by Crippen LogP contribution is -2.44. The van der Waals surface area contributed by atoms with Gasteiger partial charge >= 0.3 is 0 Å². The molecule has 2 aromatic heterocycles. The third kappa shape index (κ3) is 5.22. The molecule has 2 aliphatic rings. The van der Waals surface area contributed by atoms with Gasteiger partial charge in [-0.05, 0) is 51.2 Å². The van der Waals surface area contributed by atoms with Crippen molar-refractivity contribution in [2.45, 2.75) is 32.1 Å². The van der Waals surface area contributed by atoms with Gasteiger partial charge < -0.3 is 29.9 Å². The minimum atomic E-state index is -1.24. The summed E-state index contributed by atoms with van der Waals surface area (Å²) < 4.78 is 16.7. The quantitative estimate of drug-likeness (QED) is 0.472. The second-order valence-corrected chi connectivity index (χ2v) is 9.99. The number of imidazole rings is 1. The molecule has 3 aromatic rings. The van der Waals surface area contributed by atoms with E-state index >= 15 is 0 Å². The lowest BCUT2D eigenvalue weighted by molar-refractivity contribution is -0.125. The molecule has 11 heteroatoms. The van der Waals surface area contributed by atoms with Gasteiger partial charge in [-0.25, -0.2) is 9.37 Å². The van der Waals surface area contributed by atoms with Crippen LogP contribution in [-0.2, 0) is 4.79 Å². The SMILES string of the molecule is C=CC(=O)N1C[C@H](Nc2nc(Nc3ccc(N4CCN(C)CC4)cc3)c3ncn(C(C)C)c3n2)[C@@H](F)C1. The van der Waals surface area contributed by atoms with Gasteiger partial charge in [-0.3, -0.25) is 4.79 Å². The molecule has 5 rings (SSSR count). The van der Waals surface area contributed by atoms with Crippen molar-refractivity contribution < 1.29 is 9.18 Å². The van der Waals surface area contributed by atoms with Gasteiger partial charge in [0.25, 0.3) is 0 Å². The molecule has 2 saturated heterocycles. The summed E-state index contributed by atoms with van der Waals surface area (Å²) in [5.74, 6) is 0.530. The zero-order valence-corrected chi connectivity index (χ0v) is 21.6. The van der Waals surface area contributed by atoms with Crippen LogP contribution in [-0.4, -0.2) is 93.8 Å². The number of hydrogen-bond acceptors (Lipinski definition) is 8. The van der Waals surface area contributed by atoms with Crippen molar-refractivity contribution in [1.82, 2.24) is 29.3 Å². The second kappa shape index (κ2) is 10.3. The van der Waals surface area contributed by atoms with Crippen molar-refractivity contribution in [3.05, 3.63) is 43.2 Å². The van der Waals surface area contributed by atoms with E-state index < -0.39 is 12.2 Å². The lowest BCUT2D eigenvalue weighted by atomic mass is 10.2. The van der Waals surface area contributed by atoms with Gasteiger partial charge in [0, 0.05) is 50.1 Å². The standard InChI is InChI=1S/C26H34FN9O/c1-5-22(37)35-14-20(27)21(15-35)30-26-31-24(23-25(32-26)36(16-28-23)17(2)3)29-18-6-8-19(9-7-18)34-12-10-33(4)11-13-34/h5-9,16-17,20-21H,1,10-15H2,2-4H3,(H2,29,30,31,32)/t20-,21-/m0/s1. The van der Waals surface area contributed by atoms with Crippen molar-refractivity contribution >= 4 is 40.2 Å². The number of fused-ring (bicyclic) bond motifs is 1. The molecule has 2 aliphatic heterocycles. The minimum absolute atomic E-state index is 0.0133. The minimum Gasteiger partial charge on any atom is -0.369 e. The zero-order valence-electron chi connectivity index (χ0n) is 21.6. The molecular weight excluding hydrogens is 473 g/mol. The Bertz CT molecular complexity index is 1270. The summed E-state index contributed by atoms with van der Waals surface area (Å²) in [6.07, 6.45) is 1.71. The van der Waals surface area contributed by atoms with E-state index in [-0.39, 0.29) is 31.0 Å². The normalized spacial score (nSPS) is 20.6. The summed E-state index contributed by atoms with van der Waals surface area (Å²) >= 11 is 0. The number of piperazine rings is 1. The number of rotatable bonds is 7. The van der Waals surface area contributed by atoms with Crippen LogP contribution in [0.1, 0.15) is 19.9 Å². The molecule has 2 atom stereocenters. The number of nitrogens with zero attached hydrogens (tertiary/aromatic N) is 7. The Morgan fingerprint density at radius 1 is 1.14 bits per heavy atom. The van der Waals surface area contributed by atoms with E-state index in [1.807, 2.05) is 30.5 Å². The highest BCUT2D eigenvalue weighted by atomic mass is 19.1. The number of carbonyl (C=O) groups excluding carboxylic acids is 1. The molecule has 0 aliphatic carbocycles. The van der Waals surface area contributed by atoms with E-state index in [9.17, 15) is 9.18 Å². The summed E-state index contributed by atoms with van der Waals surface area (Å²) in [6, 6.07) is 7.78. The van der Waals surface area contributed by atoms with Crippen molar-refractivity contribution in [1.29, 1.82) is 0 Å². The van der Waals surface area contributed by atoms with Crippen LogP contribution in [0.3, 0.4) is 0 Å². The molecule has 0 saturated carbocycles. The lowest BCUT2D eigenvalue weighted by Gasteiger charge is -2.34. The van der Waals surface area contributed by atoms with Crippen LogP contribution in [0.25, 0.3) is 11.2 Å². The predicted molar refractivity (Wildman–Crippen MR) is 144 cm³/mol. The molecule has 196 valence electrons. The highest BCUT2D eigenvalue weighted by Gasteiger charge is 2.35. The van der Waals surface area contributed by atoms with Crippen LogP contribution in [0.5, 0.6) is 0 Å². The zero-order chi connectivity index (χ0) is 26.1. The van der Waals surface area contributed by atoms with Gasteiger partial charge in [0.2, 0.25) is 11.9 Å². The number of likely N-dealkylation sites (tertiary alicyclic amines) is 1. The number of aromatic nitrogens is 4. The van der Waals surface area contributed by atoms with Gasteiger partial charge in [0.15, 0.2) is 17.0 Å². The van der Waals surface area contributed by atoms with E-state index in [1.165, 1.54) is 16.7 Å². The number of halogens is 1. The maximum absolute atomic E-state index is 14.8. The Morgan fingerprint density at radius 2 is 1.86 bits per heavy atom. The number of likely N-dealkylation sites (N-methyl/N-ethyl adjacent to an activating group) is 1. The van der Waals surface area contributed by atoms with E-state index in [1.54, 1.807) is 6.33 Å². The molecule has 0 spiro atoms. The summed E-state index contributed by atoms with van der Waals surface area (Å²) in [6.45, 7) is 11.9. The van der Waals surface area contributed by atoms with E-state index in [0.717, 1.165) is 31.9 Å². The van der Waals surface area contributed by atoms with Crippen molar-refractivity contribution in [3.8, 4) is 0 Å². The monoisotopic (exact) mass is 507 g/mol. The maximum atomic E-state index is 14.8. The average molecular weight is 508 g/mol. The summed E-state index contributed by atoms with van der Waals surface area (Å²) in [7, 11) is 2.15. The number of nitrogens with one attached hydrogen (secondary N) is 2. The Hall–Kier alpha value is -3.73. The molecule has 0 bridgehead atoms. The molecule has 1 aromatic carbocycles. The fourth-order valence-electron chi connectivity index (χ4n) is 4.78. The number of anilines is 4. The molecule has 2 fully saturated rings. The van der Waals surface area contributed by atoms with Crippen LogP contribution in [0.15, 0.2) is 43.2 Å². The Kier molecular flexibility index (Phi) is 6.96. The largest absolute Gasteiger partial charge is 0.369 e. The number of carbonyl (C=O) groups is 1. The van der Waals surface area contributed by atoms with E-state index in [2.05, 4.69) is 61.1 Å². The topological polar surface area (TPSA) is 94.5 Å². The smallest absolute Gasteiger partial charge is 0.246 e. The predicted octanol–water partition coefficient (Wildman–Crippen LogP) is 3.05. The first-order valence-corrected chi connectivity index (χ1v) is 12.7. The summed E-state index contributed by atoms with van der Waals surface area (Å²) in [5, 5.41) is 6.50. The van der Waals surface area contributed by atoms with E-state index in [4.69, 9.17) is 0 Å².